The summed E-state index contributed by atoms with van der Waals surface area (Å²) in [5.41, 5.74) is 7.06. The van der Waals surface area contributed by atoms with Gasteiger partial charge in [0, 0.05) is 11.6 Å². The second kappa shape index (κ2) is 4.91. The molecule has 2 rings (SSSR count). The largest absolute Gasteiger partial charge is 0.339 e. The molecule has 2 N–H and O–H groups in total. The Hall–Kier alpha value is -0.960. The molecule has 1 unspecified atom stereocenters. The molecular weight excluding hydrogens is 243 g/mol. The Labute approximate surface area is 105 Å². The Bertz CT molecular complexity index is 423. The third-order valence-electron chi connectivity index (χ3n) is 2.44. The van der Waals surface area contributed by atoms with Gasteiger partial charge in [-0.2, -0.15) is 0 Å². The molecule has 1 heterocycles. The predicted octanol–water partition coefficient (Wildman–Crippen LogP) is 3.08. The number of nitrogens with zero attached hydrogens (tertiary/aromatic N) is 1. The first-order chi connectivity index (χ1) is 7.66. The molecule has 84 valence electrons. The summed E-state index contributed by atoms with van der Waals surface area (Å²) < 4.78 is 0. The Kier molecular flexibility index (Phi) is 3.54. The van der Waals surface area contributed by atoms with Crippen molar-refractivity contribution in [3.8, 4) is 0 Å². The number of halogens is 2. The van der Waals surface area contributed by atoms with Crippen LogP contribution in [0.1, 0.15) is 5.56 Å². The van der Waals surface area contributed by atoms with Gasteiger partial charge in [0.2, 0.25) is 0 Å². The summed E-state index contributed by atoms with van der Waals surface area (Å²) >= 11 is 11.9. The van der Waals surface area contributed by atoms with Crippen molar-refractivity contribution in [2.45, 2.75) is 12.7 Å². The van der Waals surface area contributed by atoms with E-state index < -0.39 is 0 Å². The number of nitrogens with two attached hydrogens (primary N) is 1. The molecule has 2 nitrogen and oxygen atoms in total. The Morgan fingerprint density at radius 1 is 1.19 bits per heavy atom. The first-order valence-electron chi connectivity index (χ1n) is 4.97. The standard InChI is InChI=1S/C12H12Cl2N2/c13-10-6-4-9(5-7-10)8-16-11(14)2-1-3-12(16)15/h1-7,12H,8,15H2. The molecule has 0 saturated heterocycles. The van der Waals surface area contributed by atoms with Crippen LogP contribution in [0.4, 0.5) is 0 Å². The fourth-order valence-corrected chi connectivity index (χ4v) is 1.93. The molecule has 0 aromatic heterocycles. The highest BCUT2D eigenvalue weighted by molar-refractivity contribution is 6.30. The first-order valence-corrected chi connectivity index (χ1v) is 5.73. The van der Waals surface area contributed by atoms with Crippen LogP contribution in [0, 0.1) is 0 Å². The number of allylic oxidation sites excluding steroid dienone is 2. The molecule has 16 heavy (non-hydrogen) atoms. The first kappa shape index (κ1) is 11.5. The zero-order valence-electron chi connectivity index (χ0n) is 8.61. The molecule has 0 fully saturated rings. The fraction of sp³-hybridized carbons (Fsp3) is 0.167. The Morgan fingerprint density at radius 2 is 1.88 bits per heavy atom. The summed E-state index contributed by atoms with van der Waals surface area (Å²) in [6, 6.07) is 7.66. The van der Waals surface area contributed by atoms with Gasteiger partial charge < -0.3 is 10.6 Å². The molecule has 1 aliphatic heterocycles. The lowest BCUT2D eigenvalue weighted by atomic mass is 10.2. The van der Waals surface area contributed by atoms with E-state index in [1.165, 1.54) is 0 Å². The van der Waals surface area contributed by atoms with Gasteiger partial charge in [-0.25, -0.2) is 0 Å². The minimum atomic E-state index is -0.173. The average molecular weight is 255 g/mol. The normalized spacial score (nSPS) is 19.8. The summed E-state index contributed by atoms with van der Waals surface area (Å²) in [6.07, 6.45) is 5.43. The molecular formula is C12H12Cl2N2. The third kappa shape index (κ3) is 2.59. The van der Waals surface area contributed by atoms with Crippen molar-refractivity contribution in [3.63, 3.8) is 0 Å². The van der Waals surface area contributed by atoms with Crippen LogP contribution >= 0.6 is 23.2 Å². The van der Waals surface area contributed by atoms with Gasteiger partial charge in [-0.05, 0) is 29.8 Å². The minimum absolute atomic E-state index is 0.173. The van der Waals surface area contributed by atoms with Crippen LogP contribution in [-0.4, -0.2) is 11.1 Å². The van der Waals surface area contributed by atoms with Crippen molar-refractivity contribution in [1.29, 1.82) is 0 Å². The molecule has 1 atom stereocenters. The molecule has 0 spiro atoms. The predicted molar refractivity (Wildman–Crippen MR) is 68.0 cm³/mol. The molecule has 1 aromatic rings. The topological polar surface area (TPSA) is 29.3 Å². The fourth-order valence-electron chi connectivity index (χ4n) is 1.56. The van der Waals surface area contributed by atoms with Crippen LogP contribution < -0.4 is 5.73 Å². The van der Waals surface area contributed by atoms with Gasteiger partial charge in [0.1, 0.15) is 5.16 Å². The molecule has 0 aliphatic carbocycles. The van der Waals surface area contributed by atoms with Gasteiger partial charge in [0.05, 0.1) is 6.17 Å². The maximum absolute atomic E-state index is 6.09. The highest BCUT2D eigenvalue weighted by Crippen LogP contribution is 2.20. The van der Waals surface area contributed by atoms with Crippen molar-refractivity contribution >= 4 is 23.2 Å². The van der Waals surface area contributed by atoms with Crippen molar-refractivity contribution in [3.05, 3.63) is 58.2 Å². The zero-order valence-corrected chi connectivity index (χ0v) is 10.1. The molecule has 0 radical (unpaired) electrons. The van der Waals surface area contributed by atoms with Crippen LogP contribution in [0.25, 0.3) is 0 Å². The second-order valence-electron chi connectivity index (χ2n) is 3.62. The quantitative estimate of drug-likeness (QED) is 0.823. The van der Waals surface area contributed by atoms with Crippen LogP contribution in [0.3, 0.4) is 0 Å². The summed E-state index contributed by atoms with van der Waals surface area (Å²) in [4.78, 5) is 1.92. The maximum Gasteiger partial charge on any atom is 0.106 e. The van der Waals surface area contributed by atoms with Crippen LogP contribution in [-0.2, 0) is 6.54 Å². The van der Waals surface area contributed by atoms with E-state index in [1.807, 2.05) is 47.4 Å². The molecule has 0 saturated carbocycles. The highest BCUT2D eigenvalue weighted by atomic mass is 35.5. The maximum atomic E-state index is 6.09. The van der Waals surface area contributed by atoms with Gasteiger partial charge in [-0.1, -0.05) is 41.4 Å². The highest BCUT2D eigenvalue weighted by Gasteiger charge is 2.16. The Balaban J connectivity index is 2.12. The van der Waals surface area contributed by atoms with E-state index >= 15 is 0 Å². The molecule has 0 amide bonds. The smallest absolute Gasteiger partial charge is 0.106 e. The van der Waals surface area contributed by atoms with Gasteiger partial charge in [-0.3, -0.25) is 0 Å². The van der Waals surface area contributed by atoms with Crippen LogP contribution in [0.5, 0.6) is 0 Å². The van der Waals surface area contributed by atoms with Gasteiger partial charge in [0.25, 0.3) is 0 Å². The Morgan fingerprint density at radius 3 is 2.50 bits per heavy atom. The summed E-state index contributed by atoms with van der Waals surface area (Å²) in [5, 5.41) is 1.39. The SMILES string of the molecule is NC1C=CC=C(Cl)N1Cc1ccc(Cl)cc1. The van der Waals surface area contributed by atoms with Gasteiger partial charge in [-0.15, -0.1) is 0 Å². The number of hydrogen-bond acceptors (Lipinski definition) is 2. The number of hydrogen-bond donors (Lipinski definition) is 1. The van der Waals surface area contributed by atoms with Crippen LogP contribution in [0.2, 0.25) is 5.02 Å². The summed E-state index contributed by atoms with van der Waals surface area (Å²) in [6.45, 7) is 0.679. The van der Waals surface area contributed by atoms with E-state index in [2.05, 4.69) is 0 Å². The van der Waals surface area contributed by atoms with Crippen molar-refractivity contribution in [2.75, 3.05) is 0 Å². The molecule has 1 aliphatic rings. The lowest BCUT2D eigenvalue weighted by molar-refractivity contribution is 0.303. The summed E-state index contributed by atoms with van der Waals surface area (Å²) in [5.74, 6) is 0. The molecule has 1 aromatic carbocycles. The van der Waals surface area contributed by atoms with Crippen LogP contribution in [0.15, 0.2) is 47.6 Å². The monoisotopic (exact) mass is 254 g/mol. The van der Waals surface area contributed by atoms with Crippen molar-refractivity contribution in [1.82, 2.24) is 4.90 Å². The van der Waals surface area contributed by atoms with E-state index in [0.717, 1.165) is 10.6 Å². The average Bonchev–Trinajstić information content (AvgIpc) is 2.26. The van der Waals surface area contributed by atoms with Crippen molar-refractivity contribution < 1.29 is 0 Å². The third-order valence-corrected chi connectivity index (χ3v) is 3.04. The van der Waals surface area contributed by atoms with E-state index in [-0.39, 0.29) is 6.17 Å². The van der Waals surface area contributed by atoms with Gasteiger partial charge >= 0.3 is 0 Å². The van der Waals surface area contributed by atoms with Crippen molar-refractivity contribution in [2.24, 2.45) is 5.73 Å². The minimum Gasteiger partial charge on any atom is -0.339 e. The molecule has 0 bridgehead atoms. The number of benzene rings is 1. The zero-order chi connectivity index (χ0) is 11.5. The van der Waals surface area contributed by atoms with E-state index in [9.17, 15) is 0 Å². The van der Waals surface area contributed by atoms with E-state index in [0.29, 0.717) is 11.7 Å². The van der Waals surface area contributed by atoms with Gasteiger partial charge in [0.15, 0.2) is 0 Å². The van der Waals surface area contributed by atoms with E-state index in [1.54, 1.807) is 0 Å². The summed E-state index contributed by atoms with van der Waals surface area (Å²) in [7, 11) is 0. The second-order valence-corrected chi connectivity index (χ2v) is 4.44. The lowest BCUT2D eigenvalue weighted by Gasteiger charge is -2.30. The number of rotatable bonds is 2. The lowest BCUT2D eigenvalue weighted by Crippen LogP contribution is -2.39. The molecule has 4 heteroatoms. The van der Waals surface area contributed by atoms with E-state index in [4.69, 9.17) is 28.9 Å².